The minimum absolute atomic E-state index is 0.111. The number of ether oxygens (including phenoxy) is 2. The summed E-state index contributed by atoms with van der Waals surface area (Å²) in [5, 5.41) is 3.99. The van der Waals surface area contributed by atoms with E-state index in [1.165, 1.54) is 0 Å². The van der Waals surface area contributed by atoms with Crippen molar-refractivity contribution in [3.63, 3.8) is 0 Å². The molecule has 7 nitrogen and oxygen atoms in total. The standard InChI is InChI=1S/C21H26N4O3/c1-14-13-23-20(15-5-9-28-10-6-15)25(14)8-7-22-21(26)19-11-16-3-4-17(27-2)12-18(16)24-19/h3-4,11-13,15,24H,5-10H2,1-2H3,(H,22,26). The molecule has 1 fully saturated rings. The number of amides is 1. The maximum Gasteiger partial charge on any atom is 0.267 e. The Morgan fingerprint density at radius 1 is 1.36 bits per heavy atom. The first-order valence-corrected chi connectivity index (χ1v) is 9.70. The maximum absolute atomic E-state index is 12.6. The number of H-pyrrole nitrogens is 1. The molecule has 0 bridgehead atoms. The number of nitrogens with one attached hydrogen (secondary N) is 2. The Kier molecular flexibility index (Phi) is 5.34. The fourth-order valence-corrected chi connectivity index (χ4v) is 3.78. The molecule has 3 heterocycles. The molecule has 1 aliphatic heterocycles. The summed E-state index contributed by atoms with van der Waals surface area (Å²) in [5.74, 6) is 2.19. The van der Waals surface area contributed by atoms with Gasteiger partial charge >= 0.3 is 0 Å². The number of carbonyl (C=O) groups excluding carboxylic acids is 1. The first kappa shape index (κ1) is 18.6. The van der Waals surface area contributed by atoms with Crippen LogP contribution in [-0.4, -0.2) is 47.3 Å². The average molecular weight is 382 g/mol. The van der Waals surface area contributed by atoms with Gasteiger partial charge in [-0.25, -0.2) is 4.98 Å². The second kappa shape index (κ2) is 8.06. The summed E-state index contributed by atoms with van der Waals surface area (Å²) in [4.78, 5) is 20.3. The van der Waals surface area contributed by atoms with Crippen LogP contribution >= 0.6 is 0 Å². The highest BCUT2D eigenvalue weighted by atomic mass is 16.5. The van der Waals surface area contributed by atoms with Gasteiger partial charge in [0.15, 0.2) is 0 Å². The third kappa shape index (κ3) is 3.75. The fraction of sp³-hybridized carbons (Fsp3) is 0.429. The number of aryl methyl sites for hydroxylation is 1. The van der Waals surface area contributed by atoms with Crippen molar-refractivity contribution in [3.05, 3.63) is 47.7 Å². The Morgan fingerprint density at radius 3 is 2.96 bits per heavy atom. The number of hydrogen-bond donors (Lipinski definition) is 2. The molecule has 7 heteroatoms. The zero-order valence-electron chi connectivity index (χ0n) is 16.3. The second-order valence-corrected chi connectivity index (χ2v) is 7.19. The molecule has 1 aliphatic rings. The number of aromatic amines is 1. The number of hydrogen-bond acceptors (Lipinski definition) is 4. The number of aromatic nitrogens is 3. The summed E-state index contributed by atoms with van der Waals surface area (Å²) >= 11 is 0. The quantitative estimate of drug-likeness (QED) is 0.687. The summed E-state index contributed by atoms with van der Waals surface area (Å²) in [5.41, 5.74) is 2.56. The highest BCUT2D eigenvalue weighted by molar-refractivity contribution is 5.98. The number of nitrogens with zero attached hydrogens (tertiary/aromatic N) is 2. The van der Waals surface area contributed by atoms with E-state index in [1.54, 1.807) is 7.11 Å². The molecule has 0 unspecified atom stereocenters. The molecule has 1 aromatic carbocycles. The van der Waals surface area contributed by atoms with Gasteiger partial charge in [0.05, 0.1) is 7.11 Å². The number of rotatable bonds is 6. The van der Waals surface area contributed by atoms with Crippen LogP contribution in [0.25, 0.3) is 10.9 Å². The minimum Gasteiger partial charge on any atom is -0.497 e. The third-order valence-electron chi connectivity index (χ3n) is 5.37. The maximum atomic E-state index is 12.6. The van der Waals surface area contributed by atoms with Crippen LogP contribution in [-0.2, 0) is 11.3 Å². The lowest BCUT2D eigenvalue weighted by molar-refractivity contribution is 0.0827. The Bertz CT molecular complexity index is 969. The van der Waals surface area contributed by atoms with Crippen molar-refractivity contribution < 1.29 is 14.3 Å². The molecule has 0 radical (unpaired) electrons. The van der Waals surface area contributed by atoms with Gasteiger partial charge in [0.25, 0.3) is 5.91 Å². The lowest BCUT2D eigenvalue weighted by Gasteiger charge is -2.23. The van der Waals surface area contributed by atoms with Crippen molar-refractivity contribution >= 4 is 16.8 Å². The Hall–Kier alpha value is -2.80. The van der Waals surface area contributed by atoms with E-state index in [9.17, 15) is 4.79 Å². The van der Waals surface area contributed by atoms with E-state index in [1.807, 2.05) is 30.5 Å². The molecule has 4 rings (SSSR count). The van der Waals surface area contributed by atoms with Crippen LogP contribution in [0.4, 0.5) is 0 Å². The molecular formula is C21H26N4O3. The molecule has 3 aromatic rings. The molecule has 148 valence electrons. The van der Waals surface area contributed by atoms with Gasteiger partial charge in [-0.15, -0.1) is 0 Å². The van der Waals surface area contributed by atoms with Crippen LogP contribution in [0, 0.1) is 6.92 Å². The van der Waals surface area contributed by atoms with E-state index in [-0.39, 0.29) is 5.91 Å². The van der Waals surface area contributed by atoms with Gasteiger partial charge in [-0.3, -0.25) is 4.79 Å². The van der Waals surface area contributed by atoms with E-state index >= 15 is 0 Å². The van der Waals surface area contributed by atoms with Crippen LogP contribution in [0.15, 0.2) is 30.5 Å². The van der Waals surface area contributed by atoms with E-state index < -0.39 is 0 Å². The van der Waals surface area contributed by atoms with Crippen LogP contribution in [0.5, 0.6) is 5.75 Å². The van der Waals surface area contributed by atoms with Crippen LogP contribution in [0.2, 0.25) is 0 Å². The third-order valence-corrected chi connectivity index (χ3v) is 5.37. The zero-order chi connectivity index (χ0) is 19.5. The zero-order valence-corrected chi connectivity index (χ0v) is 16.3. The highest BCUT2D eigenvalue weighted by Gasteiger charge is 2.21. The van der Waals surface area contributed by atoms with Gasteiger partial charge in [0.2, 0.25) is 0 Å². The molecule has 1 amide bonds. The van der Waals surface area contributed by atoms with Crippen molar-refractivity contribution in [1.29, 1.82) is 0 Å². The Morgan fingerprint density at radius 2 is 2.18 bits per heavy atom. The predicted molar refractivity (Wildman–Crippen MR) is 107 cm³/mol. The van der Waals surface area contributed by atoms with Gasteiger partial charge in [-0.1, -0.05) is 0 Å². The smallest absolute Gasteiger partial charge is 0.267 e. The lowest BCUT2D eigenvalue weighted by Crippen LogP contribution is -2.29. The summed E-state index contributed by atoms with van der Waals surface area (Å²) in [7, 11) is 1.63. The van der Waals surface area contributed by atoms with Gasteiger partial charge in [0, 0.05) is 61.1 Å². The van der Waals surface area contributed by atoms with E-state index in [2.05, 4.69) is 26.8 Å². The van der Waals surface area contributed by atoms with Crippen molar-refractivity contribution in [2.75, 3.05) is 26.9 Å². The van der Waals surface area contributed by atoms with Gasteiger partial charge in [-0.05, 0) is 38.0 Å². The molecular weight excluding hydrogens is 356 g/mol. The Labute approximate surface area is 164 Å². The predicted octanol–water partition coefficient (Wildman–Crippen LogP) is 3.01. The number of benzene rings is 1. The number of fused-ring (bicyclic) bond motifs is 1. The summed E-state index contributed by atoms with van der Waals surface area (Å²) < 4.78 is 12.9. The fourth-order valence-electron chi connectivity index (χ4n) is 3.78. The van der Waals surface area contributed by atoms with Crippen molar-refractivity contribution in [3.8, 4) is 5.75 Å². The number of imidazole rings is 1. The normalized spacial score (nSPS) is 15.1. The summed E-state index contributed by atoms with van der Waals surface area (Å²) in [6, 6.07) is 7.58. The van der Waals surface area contributed by atoms with Crippen LogP contribution in [0.3, 0.4) is 0 Å². The van der Waals surface area contributed by atoms with Crippen LogP contribution in [0.1, 0.15) is 40.8 Å². The second-order valence-electron chi connectivity index (χ2n) is 7.19. The van der Waals surface area contributed by atoms with E-state index in [0.29, 0.717) is 24.7 Å². The molecule has 28 heavy (non-hydrogen) atoms. The van der Waals surface area contributed by atoms with E-state index in [0.717, 1.165) is 54.2 Å². The molecule has 0 aliphatic carbocycles. The van der Waals surface area contributed by atoms with E-state index in [4.69, 9.17) is 9.47 Å². The number of carbonyl (C=O) groups is 1. The first-order chi connectivity index (χ1) is 13.7. The first-order valence-electron chi connectivity index (χ1n) is 9.70. The van der Waals surface area contributed by atoms with Crippen molar-refractivity contribution in [2.45, 2.75) is 32.2 Å². The summed E-state index contributed by atoms with van der Waals surface area (Å²) in [6.45, 7) is 4.89. The van der Waals surface area contributed by atoms with Crippen molar-refractivity contribution in [2.24, 2.45) is 0 Å². The molecule has 2 aromatic heterocycles. The molecule has 0 saturated carbocycles. The van der Waals surface area contributed by atoms with Gasteiger partial charge in [0.1, 0.15) is 17.3 Å². The number of methoxy groups -OCH3 is 1. The largest absolute Gasteiger partial charge is 0.497 e. The Balaban J connectivity index is 1.40. The molecule has 2 N–H and O–H groups in total. The molecule has 1 saturated heterocycles. The SMILES string of the molecule is COc1ccc2cc(C(=O)NCCn3c(C)cnc3C3CCOCC3)[nH]c2c1. The topological polar surface area (TPSA) is 81.2 Å². The van der Waals surface area contributed by atoms with Gasteiger partial charge < -0.3 is 24.3 Å². The minimum atomic E-state index is -0.111. The van der Waals surface area contributed by atoms with Crippen LogP contribution < -0.4 is 10.1 Å². The van der Waals surface area contributed by atoms with Crippen molar-refractivity contribution in [1.82, 2.24) is 19.9 Å². The average Bonchev–Trinajstić information content (AvgIpc) is 3.31. The molecule has 0 spiro atoms. The highest BCUT2D eigenvalue weighted by Crippen LogP contribution is 2.26. The van der Waals surface area contributed by atoms with Gasteiger partial charge in [-0.2, -0.15) is 0 Å². The lowest BCUT2D eigenvalue weighted by atomic mass is 9.99. The summed E-state index contributed by atoms with van der Waals surface area (Å²) in [6.07, 6.45) is 3.92. The monoisotopic (exact) mass is 382 g/mol. The molecule has 0 atom stereocenters.